The number of anilines is 1. The maximum atomic E-state index is 12.8. The van der Waals surface area contributed by atoms with E-state index >= 15 is 0 Å². The summed E-state index contributed by atoms with van der Waals surface area (Å²) in [6.45, 7) is 5.98. The van der Waals surface area contributed by atoms with Gasteiger partial charge in [-0.15, -0.1) is 11.3 Å². The summed E-state index contributed by atoms with van der Waals surface area (Å²) >= 11 is 1.53. The van der Waals surface area contributed by atoms with E-state index in [1.807, 2.05) is 19.9 Å². The van der Waals surface area contributed by atoms with Gasteiger partial charge in [0.05, 0.1) is 5.56 Å². The Morgan fingerprint density at radius 3 is 2.69 bits per heavy atom. The molecule has 0 spiro atoms. The molecule has 0 unspecified atom stereocenters. The Balaban J connectivity index is 1.71. The summed E-state index contributed by atoms with van der Waals surface area (Å²) in [4.78, 5) is 14.1. The van der Waals surface area contributed by atoms with Crippen LogP contribution in [0.2, 0.25) is 0 Å². The molecule has 132 valence electrons. The van der Waals surface area contributed by atoms with Crippen molar-refractivity contribution in [1.82, 2.24) is 0 Å². The highest BCUT2D eigenvalue weighted by atomic mass is 32.1. The van der Waals surface area contributed by atoms with Crippen molar-refractivity contribution in [3.8, 4) is 6.07 Å². The summed E-state index contributed by atoms with van der Waals surface area (Å²) in [5, 5.41) is 14.1. The van der Waals surface area contributed by atoms with Gasteiger partial charge >= 0.3 is 0 Å². The van der Waals surface area contributed by atoms with E-state index in [9.17, 15) is 10.1 Å². The Bertz CT molecular complexity index is 1080. The first kappa shape index (κ1) is 16.9. The Labute approximate surface area is 156 Å². The quantitative estimate of drug-likeness (QED) is 0.660. The monoisotopic (exact) mass is 364 g/mol. The number of nitrogens with one attached hydrogen (secondary N) is 1. The van der Waals surface area contributed by atoms with Gasteiger partial charge in [-0.25, -0.2) is 0 Å². The predicted molar refractivity (Wildman–Crippen MR) is 104 cm³/mol. The van der Waals surface area contributed by atoms with Gasteiger partial charge in [-0.3, -0.25) is 4.79 Å². The molecule has 1 aromatic carbocycles. The molecule has 1 amide bonds. The van der Waals surface area contributed by atoms with Crippen LogP contribution in [0.4, 0.5) is 5.00 Å². The fourth-order valence-corrected chi connectivity index (χ4v) is 4.86. The number of fused-ring (bicyclic) bond motifs is 2. The van der Waals surface area contributed by atoms with Crippen molar-refractivity contribution < 1.29 is 9.21 Å². The standard InChI is InChI=1S/C21H20N2O2S/c1-11-8-15-13(3)19(25-17(15)9-12(11)2)20(24)23-21-16(10-22)14-6-4-5-7-18(14)26-21/h8-9H,4-7H2,1-3H3,(H,23,24). The smallest absolute Gasteiger partial charge is 0.292 e. The van der Waals surface area contributed by atoms with E-state index in [0.717, 1.165) is 53.3 Å². The topological polar surface area (TPSA) is 66.0 Å². The molecule has 0 radical (unpaired) electrons. The fraction of sp³-hybridized carbons (Fsp3) is 0.333. The zero-order valence-corrected chi connectivity index (χ0v) is 16.0. The number of amides is 1. The highest BCUT2D eigenvalue weighted by Crippen LogP contribution is 2.38. The van der Waals surface area contributed by atoms with Crippen LogP contribution >= 0.6 is 11.3 Å². The molecule has 0 atom stereocenters. The maximum Gasteiger partial charge on any atom is 0.292 e. The van der Waals surface area contributed by atoms with Gasteiger partial charge in [-0.1, -0.05) is 0 Å². The van der Waals surface area contributed by atoms with Gasteiger partial charge < -0.3 is 9.73 Å². The van der Waals surface area contributed by atoms with Gasteiger partial charge in [0.2, 0.25) is 0 Å². The van der Waals surface area contributed by atoms with E-state index in [1.165, 1.54) is 21.8 Å². The molecule has 2 heterocycles. The average molecular weight is 364 g/mol. The normalized spacial score (nSPS) is 13.5. The number of carbonyl (C=O) groups excluding carboxylic acids is 1. The van der Waals surface area contributed by atoms with Crippen LogP contribution < -0.4 is 5.32 Å². The van der Waals surface area contributed by atoms with E-state index in [0.29, 0.717) is 16.3 Å². The van der Waals surface area contributed by atoms with E-state index in [2.05, 4.69) is 24.4 Å². The zero-order chi connectivity index (χ0) is 18.4. The third kappa shape index (κ3) is 2.62. The lowest BCUT2D eigenvalue weighted by molar-refractivity contribution is 0.0998. The third-order valence-corrected chi connectivity index (χ3v) is 6.48. The summed E-state index contributed by atoms with van der Waals surface area (Å²) in [7, 11) is 0. The van der Waals surface area contributed by atoms with Crippen LogP contribution in [-0.4, -0.2) is 5.91 Å². The summed E-state index contributed by atoms with van der Waals surface area (Å²) in [5.74, 6) is 0.0318. The van der Waals surface area contributed by atoms with Crippen molar-refractivity contribution in [2.45, 2.75) is 46.5 Å². The molecule has 1 aliphatic carbocycles. The van der Waals surface area contributed by atoms with Crippen molar-refractivity contribution in [3.63, 3.8) is 0 Å². The number of carbonyl (C=O) groups is 1. The van der Waals surface area contributed by atoms with Gasteiger partial charge in [0.25, 0.3) is 5.91 Å². The Morgan fingerprint density at radius 1 is 1.19 bits per heavy atom. The third-order valence-electron chi connectivity index (χ3n) is 5.27. The van der Waals surface area contributed by atoms with Crippen LogP contribution in [0.1, 0.15) is 56.1 Å². The molecule has 4 rings (SSSR count). The molecule has 26 heavy (non-hydrogen) atoms. The largest absolute Gasteiger partial charge is 0.451 e. The van der Waals surface area contributed by atoms with Gasteiger partial charge in [0.15, 0.2) is 5.76 Å². The lowest BCUT2D eigenvalue weighted by Crippen LogP contribution is -2.12. The van der Waals surface area contributed by atoms with E-state index < -0.39 is 0 Å². The number of hydrogen-bond donors (Lipinski definition) is 1. The molecular weight excluding hydrogens is 344 g/mol. The molecule has 1 N–H and O–H groups in total. The SMILES string of the molecule is Cc1cc2oc(C(=O)Nc3sc4c(c3C#N)CCCC4)c(C)c2cc1C. The molecule has 5 heteroatoms. The number of furan rings is 1. The van der Waals surface area contributed by atoms with Crippen LogP contribution in [0.25, 0.3) is 11.0 Å². The zero-order valence-electron chi connectivity index (χ0n) is 15.2. The lowest BCUT2D eigenvalue weighted by Gasteiger charge is -2.09. The first-order valence-corrected chi connectivity index (χ1v) is 9.67. The minimum absolute atomic E-state index is 0.288. The highest BCUT2D eigenvalue weighted by molar-refractivity contribution is 7.16. The molecule has 0 saturated carbocycles. The summed E-state index contributed by atoms with van der Waals surface area (Å²) < 4.78 is 5.85. The van der Waals surface area contributed by atoms with Crippen molar-refractivity contribution in [2.75, 3.05) is 5.32 Å². The van der Waals surface area contributed by atoms with Gasteiger partial charge in [-0.2, -0.15) is 5.26 Å². The second-order valence-electron chi connectivity index (χ2n) is 6.97. The first-order chi connectivity index (χ1) is 12.5. The number of aryl methyl sites for hydroxylation is 4. The Morgan fingerprint density at radius 2 is 1.92 bits per heavy atom. The Kier molecular flexibility index (Phi) is 4.08. The minimum atomic E-state index is -0.288. The molecule has 2 aromatic heterocycles. The summed E-state index contributed by atoms with van der Waals surface area (Å²) in [6.07, 6.45) is 4.17. The van der Waals surface area contributed by atoms with Crippen LogP contribution in [0.15, 0.2) is 16.5 Å². The second kappa shape index (κ2) is 6.30. The molecular formula is C21H20N2O2S. The van der Waals surface area contributed by atoms with Crippen molar-refractivity contribution in [3.05, 3.63) is 50.6 Å². The predicted octanol–water partition coefficient (Wildman–Crippen LogP) is 5.42. The van der Waals surface area contributed by atoms with Crippen molar-refractivity contribution in [2.24, 2.45) is 0 Å². The highest BCUT2D eigenvalue weighted by Gasteiger charge is 2.24. The number of benzene rings is 1. The van der Waals surface area contributed by atoms with Gasteiger partial charge in [0.1, 0.15) is 16.7 Å². The van der Waals surface area contributed by atoms with Crippen LogP contribution in [-0.2, 0) is 12.8 Å². The molecule has 0 fully saturated rings. The Hall–Kier alpha value is -2.58. The molecule has 3 aromatic rings. The van der Waals surface area contributed by atoms with Crippen LogP contribution in [0.5, 0.6) is 0 Å². The lowest BCUT2D eigenvalue weighted by atomic mass is 9.96. The molecule has 0 aliphatic heterocycles. The molecule has 1 aliphatic rings. The molecule has 0 saturated heterocycles. The van der Waals surface area contributed by atoms with Crippen molar-refractivity contribution >= 4 is 33.2 Å². The number of nitrogens with zero attached hydrogens (tertiary/aromatic N) is 1. The van der Waals surface area contributed by atoms with Crippen LogP contribution in [0.3, 0.4) is 0 Å². The maximum absolute atomic E-state index is 12.8. The summed E-state index contributed by atoms with van der Waals surface area (Å²) in [5.41, 5.74) is 5.61. The first-order valence-electron chi connectivity index (χ1n) is 8.86. The second-order valence-corrected chi connectivity index (χ2v) is 8.07. The van der Waals surface area contributed by atoms with E-state index in [4.69, 9.17) is 4.42 Å². The van der Waals surface area contributed by atoms with Gasteiger partial charge in [-0.05, 0) is 75.3 Å². The number of rotatable bonds is 2. The summed E-state index contributed by atoms with van der Waals surface area (Å²) in [6, 6.07) is 6.31. The number of hydrogen-bond acceptors (Lipinski definition) is 4. The number of nitriles is 1. The van der Waals surface area contributed by atoms with Gasteiger partial charge in [0, 0.05) is 15.8 Å². The van der Waals surface area contributed by atoms with Crippen LogP contribution in [0, 0.1) is 32.1 Å². The van der Waals surface area contributed by atoms with Crippen molar-refractivity contribution in [1.29, 1.82) is 5.26 Å². The fourth-order valence-electron chi connectivity index (χ4n) is 3.62. The number of thiophene rings is 1. The molecule has 0 bridgehead atoms. The minimum Gasteiger partial charge on any atom is -0.451 e. The average Bonchev–Trinajstić information content (AvgIpc) is 3.13. The van der Waals surface area contributed by atoms with E-state index in [-0.39, 0.29) is 5.91 Å². The molecule has 4 nitrogen and oxygen atoms in total. The van der Waals surface area contributed by atoms with E-state index in [1.54, 1.807) is 0 Å².